The Labute approximate surface area is 126 Å². The van der Waals surface area contributed by atoms with Gasteiger partial charge in [-0.05, 0) is 25.0 Å². The van der Waals surface area contributed by atoms with Gasteiger partial charge in [-0.1, -0.05) is 0 Å². The Morgan fingerprint density at radius 2 is 2.29 bits per heavy atom. The van der Waals surface area contributed by atoms with Gasteiger partial charge in [-0.3, -0.25) is 19.5 Å². The number of aromatic nitrogens is 3. The first kappa shape index (κ1) is 14.0. The molecule has 0 spiro atoms. The molecule has 0 radical (unpaired) electrons. The molecule has 2 amide bonds. The van der Waals surface area contributed by atoms with E-state index in [1.54, 1.807) is 6.20 Å². The van der Waals surface area contributed by atoms with Crippen LogP contribution in [0.4, 0.5) is 0 Å². The van der Waals surface area contributed by atoms with E-state index in [2.05, 4.69) is 15.3 Å². The van der Waals surface area contributed by atoms with Crippen LogP contribution in [0.1, 0.15) is 30.3 Å². The predicted octanol–water partition coefficient (Wildman–Crippen LogP) is 1.50. The van der Waals surface area contributed by atoms with E-state index in [0.29, 0.717) is 30.8 Å². The molecule has 3 rings (SSSR count). The summed E-state index contributed by atoms with van der Waals surface area (Å²) in [5.74, 6) is 0.606. The highest BCUT2D eigenvalue weighted by Crippen LogP contribution is 2.26. The number of amides is 2. The maximum absolute atomic E-state index is 12.1. The molecule has 21 heavy (non-hydrogen) atoms. The molecule has 6 nitrogen and oxygen atoms in total. The smallest absolute Gasteiger partial charge is 0.249 e. The monoisotopic (exact) mass is 306 g/mol. The number of imidazole rings is 1. The minimum Gasteiger partial charge on any atom is -0.300 e. The van der Waals surface area contributed by atoms with Gasteiger partial charge in [0.25, 0.3) is 0 Å². The minimum atomic E-state index is -0.457. The topological polar surface area (TPSA) is 76.9 Å². The van der Waals surface area contributed by atoms with Crippen molar-refractivity contribution in [2.24, 2.45) is 0 Å². The van der Waals surface area contributed by atoms with Gasteiger partial charge in [0, 0.05) is 24.9 Å². The highest BCUT2D eigenvalue weighted by molar-refractivity contribution is 6.18. The summed E-state index contributed by atoms with van der Waals surface area (Å²) in [6, 6.07) is 1.48. The molecule has 1 saturated heterocycles. The van der Waals surface area contributed by atoms with Gasteiger partial charge in [-0.15, -0.1) is 11.6 Å². The number of hydrogen-bond acceptors (Lipinski definition) is 4. The Hall–Kier alpha value is -1.95. The quantitative estimate of drug-likeness (QED) is 0.688. The zero-order chi connectivity index (χ0) is 15.0. The van der Waals surface area contributed by atoms with Crippen molar-refractivity contribution in [1.82, 2.24) is 19.9 Å². The second-order valence-corrected chi connectivity index (χ2v) is 5.54. The van der Waals surface area contributed by atoms with E-state index < -0.39 is 6.04 Å². The summed E-state index contributed by atoms with van der Waals surface area (Å²) in [6.45, 7) is 1.94. The number of piperidine rings is 1. The number of halogens is 1. The minimum absolute atomic E-state index is 0.233. The first-order chi connectivity index (χ1) is 10.1. The lowest BCUT2D eigenvalue weighted by atomic mass is 10.1. The molecule has 0 aliphatic carbocycles. The van der Waals surface area contributed by atoms with E-state index >= 15 is 0 Å². The summed E-state index contributed by atoms with van der Waals surface area (Å²) in [7, 11) is 0. The van der Waals surface area contributed by atoms with Gasteiger partial charge < -0.3 is 0 Å². The predicted molar refractivity (Wildman–Crippen MR) is 78.1 cm³/mol. The largest absolute Gasteiger partial charge is 0.300 e. The van der Waals surface area contributed by atoms with Gasteiger partial charge >= 0.3 is 0 Å². The lowest BCUT2D eigenvalue weighted by molar-refractivity contribution is -0.135. The Morgan fingerprint density at radius 1 is 1.48 bits per heavy atom. The molecule has 0 aromatic carbocycles. The molecule has 1 aliphatic rings. The van der Waals surface area contributed by atoms with Gasteiger partial charge in [-0.2, -0.15) is 0 Å². The molecule has 1 atom stereocenters. The molecule has 1 N–H and O–H groups in total. The van der Waals surface area contributed by atoms with Crippen LogP contribution in [0.5, 0.6) is 0 Å². The van der Waals surface area contributed by atoms with E-state index in [1.165, 1.54) is 0 Å². The number of fused-ring (bicyclic) bond motifs is 1. The number of nitrogens with one attached hydrogen (secondary N) is 1. The highest BCUT2D eigenvalue weighted by Gasteiger charge is 2.31. The Bertz CT molecular complexity index is 725. The van der Waals surface area contributed by atoms with Crippen molar-refractivity contribution in [3.05, 3.63) is 23.7 Å². The summed E-state index contributed by atoms with van der Waals surface area (Å²) in [5.41, 5.74) is 2.42. The van der Waals surface area contributed by atoms with E-state index in [-0.39, 0.29) is 11.8 Å². The average Bonchev–Trinajstić information content (AvgIpc) is 2.76. The zero-order valence-corrected chi connectivity index (χ0v) is 12.4. The normalized spacial score (nSPS) is 19.0. The van der Waals surface area contributed by atoms with Crippen LogP contribution in [0, 0.1) is 6.92 Å². The number of carbonyl (C=O) groups is 2. The molecule has 0 bridgehead atoms. The molecule has 1 unspecified atom stereocenters. The van der Waals surface area contributed by atoms with E-state index in [0.717, 1.165) is 16.9 Å². The van der Waals surface area contributed by atoms with Crippen molar-refractivity contribution >= 4 is 34.6 Å². The first-order valence-electron chi connectivity index (χ1n) is 6.83. The fraction of sp³-hybridized carbons (Fsp3) is 0.429. The molecule has 110 valence electrons. The highest BCUT2D eigenvalue weighted by atomic mass is 35.5. The fourth-order valence-corrected chi connectivity index (χ4v) is 2.82. The number of rotatable bonds is 3. The number of pyridine rings is 1. The standard InChI is InChI=1S/C14H15ClN4O2/c1-8-6-9-13(16-7-8)19(11(17-9)4-5-15)10-2-3-12(20)18-14(10)21/h6-7,10H,2-5H2,1H3,(H,18,20,21). The number of carbonyl (C=O) groups excluding carboxylic acids is 2. The second kappa shape index (κ2) is 5.44. The van der Waals surface area contributed by atoms with E-state index in [4.69, 9.17) is 11.6 Å². The molecule has 1 fully saturated rings. The van der Waals surface area contributed by atoms with Crippen molar-refractivity contribution in [2.45, 2.75) is 32.2 Å². The van der Waals surface area contributed by atoms with Crippen LogP contribution >= 0.6 is 11.6 Å². The van der Waals surface area contributed by atoms with Gasteiger partial charge in [0.1, 0.15) is 17.4 Å². The summed E-state index contributed by atoms with van der Waals surface area (Å²) < 4.78 is 1.82. The van der Waals surface area contributed by atoms with Crippen molar-refractivity contribution in [1.29, 1.82) is 0 Å². The van der Waals surface area contributed by atoms with E-state index in [1.807, 2.05) is 17.6 Å². The molecule has 0 saturated carbocycles. The Morgan fingerprint density at radius 3 is 3.00 bits per heavy atom. The van der Waals surface area contributed by atoms with Gasteiger partial charge in [-0.25, -0.2) is 9.97 Å². The number of aryl methyl sites for hydroxylation is 2. The van der Waals surface area contributed by atoms with Crippen LogP contribution in [0.3, 0.4) is 0 Å². The average molecular weight is 307 g/mol. The van der Waals surface area contributed by atoms with Crippen LogP contribution in [0.15, 0.2) is 12.3 Å². The third kappa shape index (κ3) is 2.51. The Kier molecular flexibility index (Phi) is 3.63. The van der Waals surface area contributed by atoms with Crippen LogP contribution in [-0.2, 0) is 16.0 Å². The second-order valence-electron chi connectivity index (χ2n) is 5.16. The number of alkyl halides is 1. The molecular weight excluding hydrogens is 292 g/mol. The molecule has 1 aliphatic heterocycles. The van der Waals surface area contributed by atoms with Crippen LogP contribution in [-0.4, -0.2) is 32.2 Å². The van der Waals surface area contributed by atoms with Gasteiger partial charge in [0.15, 0.2) is 5.65 Å². The van der Waals surface area contributed by atoms with Crippen molar-refractivity contribution < 1.29 is 9.59 Å². The van der Waals surface area contributed by atoms with Crippen LogP contribution in [0.2, 0.25) is 0 Å². The maximum Gasteiger partial charge on any atom is 0.249 e. The van der Waals surface area contributed by atoms with Crippen LogP contribution < -0.4 is 5.32 Å². The Balaban J connectivity index is 2.12. The molecule has 2 aromatic heterocycles. The molecule has 7 heteroatoms. The first-order valence-corrected chi connectivity index (χ1v) is 7.36. The zero-order valence-electron chi connectivity index (χ0n) is 11.6. The van der Waals surface area contributed by atoms with Gasteiger partial charge in [0.05, 0.1) is 0 Å². The van der Waals surface area contributed by atoms with Gasteiger partial charge in [0.2, 0.25) is 11.8 Å². The van der Waals surface area contributed by atoms with Crippen molar-refractivity contribution in [2.75, 3.05) is 5.88 Å². The lowest BCUT2D eigenvalue weighted by Crippen LogP contribution is -2.42. The van der Waals surface area contributed by atoms with Crippen molar-refractivity contribution in [3.63, 3.8) is 0 Å². The number of hydrogen-bond donors (Lipinski definition) is 1. The molecule has 2 aromatic rings. The summed E-state index contributed by atoms with van der Waals surface area (Å²) in [4.78, 5) is 32.4. The van der Waals surface area contributed by atoms with E-state index in [9.17, 15) is 9.59 Å². The fourth-order valence-electron chi connectivity index (χ4n) is 2.65. The third-order valence-electron chi connectivity index (χ3n) is 3.58. The molecular formula is C14H15ClN4O2. The summed E-state index contributed by atoms with van der Waals surface area (Å²) >= 11 is 5.84. The SMILES string of the molecule is Cc1cnc2c(c1)nc(CCCl)n2C1CCC(=O)NC1=O. The number of nitrogens with zero attached hydrogens (tertiary/aromatic N) is 3. The third-order valence-corrected chi connectivity index (χ3v) is 3.77. The van der Waals surface area contributed by atoms with Crippen LogP contribution in [0.25, 0.3) is 11.2 Å². The molecule has 3 heterocycles. The maximum atomic E-state index is 12.1. The summed E-state index contributed by atoms with van der Waals surface area (Å²) in [5, 5.41) is 2.38. The summed E-state index contributed by atoms with van der Waals surface area (Å²) in [6.07, 6.45) is 3.08. The number of imide groups is 1. The van der Waals surface area contributed by atoms with Crippen molar-refractivity contribution in [3.8, 4) is 0 Å². The lowest BCUT2D eigenvalue weighted by Gasteiger charge is -2.23.